The molecule has 2 heterocycles. The first-order valence-corrected chi connectivity index (χ1v) is 11.6. The van der Waals surface area contributed by atoms with Gasteiger partial charge in [0.15, 0.2) is 5.16 Å². The average molecular weight is 457 g/mol. The molecule has 1 aliphatic heterocycles. The van der Waals surface area contributed by atoms with E-state index in [2.05, 4.69) is 22.0 Å². The number of piperazine rings is 1. The van der Waals surface area contributed by atoms with E-state index in [0.717, 1.165) is 42.6 Å². The topological polar surface area (TPSA) is 61.6 Å². The number of carbonyl (C=O) groups is 1. The molecule has 8 heteroatoms. The molecule has 3 aromatic rings. The van der Waals surface area contributed by atoms with Crippen LogP contribution >= 0.6 is 23.4 Å². The molecule has 0 unspecified atom stereocenters. The van der Waals surface area contributed by atoms with Crippen LogP contribution in [0.3, 0.4) is 0 Å². The van der Waals surface area contributed by atoms with Crippen LogP contribution in [0.1, 0.15) is 11.3 Å². The fraction of sp³-hybridized carbons (Fsp3) is 0.304. The summed E-state index contributed by atoms with van der Waals surface area (Å²) in [4.78, 5) is 21.4. The lowest BCUT2D eigenvalue weighted by atomic mass is 10.2. The van der Waals surface area contributed by atoms with Crippen LogP contribution in [0.15, 0.2) is 66.0 Å². The van der Waals surface area contributed by atoms with E-state index in [0.29, 0.717) is 17.3 Å². The van der Waals surface area contributed by atoms with Gasteiger partial charge in [0.1, 0.15) is 0 Å². The average Bonchev–Trinajstić information content (AvgIpc) is 3.21. The lowest BCUT2D eigenvalue weighted by molar-refractivity contribution is -0.128. The zero-order valence-corrected chi connectivity index (χ0v) is 18.7. The molecule has 1 N–H and O–H groups in total. The summed E-state index contributed by atoms with van der Waals surface area (Å²) in [6.45, 7) is 3.57. The first-order valence-electron chi connectivity index (χ1n) is 10.2. The van der Waals surface area contributed by atoms with Crippen molar-refractivity contribution in [3.63, 3.8) is 0 Å². The smallest absolute Gasteiger partial charge is 0.233 e. The van der Waals surface area contributed by atoms with Gasteiger partial charge in [-0.3, -0.25) is 4.79 Å². The minimum Gasteiger partial charge on any atom is -0.390 e. The summed E-state index contributed by atoms with van der Waals surface area (Å²) in [5.41, 5.74) is 2.98. The standard InChI is InChI=1S/C23H25ClN4O2S/c24-19-8-6-18(7-9-19)15-28-21(16-29)14-25-23(28)31-17-22(30)27-12-10-26(11-13-27)20-4-2-1-3-5-20/h1-9,14,29H,10-13,15-17H2. The van der Waals surface area contributed by atoms with Crippen molar-refractivity contribution in [2.75, 3.05) is 36.8 Å². The van der Waals surface area contributed by atoms with Crippen LogP contribution in [-0.2, 0) is 17.9 Å². The second kappa shape index (κ2) is 10.2. The number of carbonyl (C=O) groups excluding carboxylic acids is 1. The maximum Gasteiger partial charge on any atom is 0.233 e. The molecular weight excluding hydrogens is 432 g/mol. The largest absolute Gasteiger partial charge is 0.390 e. The molecule has 4 rings (SSSR count). The zero-order valence-electron chi connectivity index (χ0n) is 17.2. The van der Waals surface area contributed by atoms with Crippen molar-refractivity contribution in [3.8, 4) is 0 Å². The van der Waals surface area contributed by atoms with Gasteiger partial charge in [-0.2, -0.15) is 0 Å². The number of nitrogens with zero attached hydrogens (tertiary/aromatic N) is 4. The van der Waals surface area contributed by atoms with E-state index in [1.54, 1.807) is 6.20 Å². The molecule has 0 atom stereocenters. The van der Waals surface area contributed by atoms with Gasteiger partial charge in [-0.05, 0) is 29.8 Å². The molecule has 2 aromatic carbocycles. The molecule has 1 aromatic heterocycles. The molecular formula is C23H25ClN4O2S. The number of amides is 1. The molecule has 6 nitrogen and oxygen atoms in total. The van der Waals surface area contributed by atoms with Crippen molar-refractivity contribution in [1.29, 1.82) is 0 Å². The Morgan fingerprint density at radius 2 is 1.74 bits per heavy atom. The van der Waals surface area contributed by atoms with Crippen molar-refractivity contribution in [2.24, 2.45) is 0 Å². The highest BCUT2D eigenvalue weighted by Crippen LogP contribution is 2.22. The number of aromatic nitrogens is 2. The lowest BCUT2D eigenvalue weighted by Gasteiger charge is -2.36. The third-order valence-corrected chi connectivity index (χ3v) is 6.62. The monoisotopic (exact) mass is 456 g/mol. The summed E-state index contributed by atoms with van der Waals surface area (Å²) >= 11 is 7.39. The molecule has 162 valence electrons. The summed E-state index contributed by atoms with van der Waals surface area (Å²) in [6, 6.07) is 17.9. The van der Waals surface area contributed by atoms with E-state index in [1.165, 1.54) is 17.4 Å². The summed E-state index contributed by atoms with van der Waals surface area (Å²) in [5.74, 6) is 0.442. The molecule has 0 spiro atoms. The van der Waals surface area contributed by atoms with Gasteiger partial charge in [0.25, 0.3) is 0 Å². The van der Waals surface area contributed by atoms with Crippen molar-refractivity contribution in [3.05, 3.63) is 77.1 Å². The van der Waals surface area contributed by atoms with Crippen molar-refractivity contribution in [1.82, 2.24) is 14.5 Å². The number of hydrogen-bond acceptors (Lipinski definition) is 5. The van der Waals surface area contributed by atoms with Gasteiger partial charge in [-0.15, -0.1) is 0 Å². The van der Waals surface area contributed by atoms with E-state index in [-0.39, 0.29) is 12.5 Å². The number of anilines is 1. The minimum absolute atomic E-state index is 0.101. The highest BCUT2D eigenvalue weighted by molar-refractivity contribution is 7.99. The molecule has 0 radical (unpaired) electrons. The second-order valence-electron chi connectivity index (χ2n) is 7.39. The Hall–Kier alpha value is -2.48. The summed E-state index contributed by atoms with van der Waals surface area (Å²) in [7, 11) is 0. The molecule has 1 amide bonds. The number of rotatable bonds is 7. The van der Waals surface area contributed by atoms with Crippen LogP contribution in [-0.4, -0.2) is 57.4 Å². The van der Waals surface area contributed by atoms with Crippen LogP contribution in [0.25, 0.3) is 0 Å². The normalized spacial score (nSPS) is 14.1. The van der Waals surface area contributed by atoms with Crippen LogP contribution < -0.4 is 4.90 Å². The highest BCUT2D eigenvalue weighted by atomic mass is 35.5. The molecule has 1 saturated heterocycles. The van der Waals surface area contributed by atoms with Gasteiger partial charge in [0, 0.05) is 43.4 Å². The molecule has 0 saturated carbocycles. The SMILES string of the molecule is O=C(CSc1ncc(CO)n1Cc1ccc(Cl)cc1)N1CCN(c2ccccc2)CC1. The van der Waals surface area contributed by atoms with E-state index >= 15 is 0 Å². The van der Waals surface area contributed by atoms with E-state index in [4.69, 9.17) is 11.6 Å². The molecule has 1 aliphatic rings. The summed E-state index contributed by atoms with van der Waals surface area (Å²) < 4.78 is 1.95. The number of benzene rings is 2. The van der Waals surface area contributed by atoms with Gasteiger partial charge in [-0.1, -0.05) is 53.7 Å². The molecule has 0 bridgehead atoms. The lowest BCUT2D eigenvalue weighted by Crippen LogP contribution is -2.49. The summed E-state index contributed by atoms with van der Waals surface area (Å²) in [6.07, 6.45) is 1.67. The first-order chi connectivity index (χ1) is 15.1. The highest BCUT2D eigenvalue weighted by Gasteiger charge is 2.22. The quantitative estimate of drug-likeness (QED) is 0.551. The fourth-order valence-electron chi connectivity index (χ4n) is 3.65. The van der Waals surface area contributed by atoms with Gasteiger partial charge in [0.05, 0.1) is 24.3 Å². The number of hydrogen-bond donors (Lipinski definition) is 1. The number of halogens is 1. The van der Waals surface area contributed by atoms with Gasteiger partial charge < -0.3 is 19.5 Å². The van der Waals surface area contributed by atoms with Crippen molar-refractivity contribution < 1.29 is 9.90 Å². The number of imidazole rings is 1. The zero-order chi connectivity index (χ0) is 21.6. The maximum atomic E-state index is 12.8. The van der Waals surface area contributed by atoms with Gasteiger partial charge in [0.2, 0.25) is 5.91 Å². The first kappa shape index (κ1) is 21.7. The Labute approximate surface area is 191 Å². The van der Waals surface area contributed by atoms with Crippen LogP contribution in [0.2, 0.25) is 5.02 Å². The van der Waals surface area contributed by atoms with E-state index in [1.807, 2.05) is 51.9 Å². The third kappa shape index (κ3) is 5.42. The predicted molar refractivity (Wildman–Crippen MR) is 125 cm³/mol. The molecule has 31 heavy (non-hydrogen) atoms. The number of para-hydroxylation sites is 1. The van der Waals surface area contributed by atoms with Crippen LogP contribution in [0.4, 0.5) is 5.69 Å². The fourth-order valence-corrected chi connectivity index (χ4v) is 4.67. The number of aliphatic hydroxyl groups is 1. The minimum atomic E-state index is -0.101. The number of aliphatic hydroxyl groups excluding tert-OH is 1. The Morgan fingerprint density at radius 3 is 2.42 bits per heavy atom. The Bertz CT molecular complexity index is 1000. The maximum absolute atomic E-state index is 12.8. The van der Waals surface area contributed by atoms with Crippen molar-refractivity contribution in [2.45, 2.75) is 18.3 Å². The van der Waals surface area contributed by atoms with Crippen molar-refractivity contribution >= 4 is 35.0 Å². The predicted octanol–water partition coefficient (Wildman–Crippen LogP) is 3.52. The third-order valence-electron chi connectivity index (χ3n) is 5.40. The summed E-state index contributed by atoms with van der Waals surface area (Å²) in [5, 5.41) is 11.1. The molecule has 1 fully saturated rings. The Balaban J connectivity index is 1.34. The van der Waals surface area contributed by atoms with E-state index < -0.39 is 0 Å². The Kier molecular flexibility index (Phi) is 7.17. The number of thioether (sulfide) groups is 1. The molecule has 0 aliphatic carbocycles. The second-order valence-corrected chi connectivity index (χ2v) is 8.77. The van der Waals surface area contributed by atoms with Crippen LogP contribution in [0.5, 0.6) is 0 Å². The van der Waals surface area contributed by atoms with E-state index in [9.17, 15) is 9.90 Å². The van der Waals surface area contributed by atoms with Gasteiger partial charge >= 0.3 is 0 Å². The van der Waals surface area contributed by atoms with Gasteiger partial charge in [-0.25, -0.2) is 4.98 Å². The Morgan fingerprint density at radius 1 is 1.03 bits per heavy atom. The van der Waals surface area contributed by atoms with Crippen LogP contribution in [0, 0.1) is 0 Å².